The SMILES string of the molecule is CC(C(=O)O)S(=O)(=O)C1CCCCCC1. The van der Waals surface area contributed by atoms with Gasteiger partial charge in [0.2, 0.25) is 0 Å². The molecule has 15 heavy (non-hydrogen) atoms. The van der Waals surface area contributed by atoms with Gasteiger partial charge in [-0.2, -0.15) is 0 Å². The van der Waals surface area contributed by atoms with E-state index in [1.807, 2.05) is 0 Å². The van der Waals surface area contributed by atoms with Crippen LogP contribution in [0, 0.1) is 0 Å². The molecular weight excluding hydrogens is 216 g/mol. The lowest BCUT2D eigenvalue weighted by Gasteiger charge is -2.17. The quantitative estimate of drug-likeness (QED) is 0.753. The molecule has 0 amide bonds. The van der Waals surface area contributed by atoms with Crippen molar-refractivity contribution in [1.82, 2.24) is 0 Å². The summed E-state index contributed by atoms with van der Waals surface area (Å²) >= 11 is 0. The minimum Gasteiger partial charge on any atom is -0.480 e. The fraction of sp³-hybridized carbons (Fsp3) is 0.900. The Bertz CT molecular complexity index is 312. The number of aliphatic carboxylic acids is 1. The maximum atomic E-state index is 11.9. The molecule has 1 aliphatic carbocycles. The molecule has 1 atom stereocenters. The number of hydrogen-bond acceptors (Lipinski definition) is 3. The van der Waals surface area contributed by atoms with Crippen LogP contribution in [0.25, 0.3) is 0 Å². The summed E-state index contributed by atoms with van der Waals surface area (Å²) in [6, 6.07) is 0. The van der Waals surface area contributed by atoms with Gasteiger partial charge in [-0.05, 0) is 19.8 Å². The predicted octanol–water partition coefficient (Wildman–Crippen LogP) is 1.60. The average molecular weight is 234 g/mol. The third-order valence-corrected chi connectivity index (χ3v) is 5.70. The molecule has 0 saturated heterocycles. The molecular formula is C10H18O4S. The molecule has 1 rings (SSSR count). The third-order valence-electron chi connectivity index (χ3n) is 3.11. The van der Waals surface area contributed by atoms with Crippen molar-refractivity contribution in [2.45, 2.75) is 55.9 Å². The van der Waals surface area contributed by atoms with Crippen LogP contribution in [-0.2, 0) is 14.6 Å². The Labute approximate surface area is 90.6 Å². The molecule has 0 spiro atoms. The van der Waals surface area contributed by atoms with Crippen molar-refractivity contribution in [2.75, 3.05) is 0 Å². The van der Waals surface area contributed by atoms with Crippen LogP contribution in [0.15, 0.2) is 0 Å². The zero-order valence-corrected chi connectivity index (χ0v) is 9.79. The number of hydrogen-bond donors (Lipinski definition) is 1. The van der Waals surface area contributed by atoms with Crippen molar-refractivity contribution in [3.05, 3.63) is 0 Å². The van der Waals surface area contributed by atoms with Crippen LogP contribution in [0.3, 0.4) is 0 Å². The second kappa shape index (κ2) is 4.96. The molecule has 0 radical (unpaired) electrons. The first-order valence-corrected chi connectivity index (χ1v) is 7.02. The Balaban J connectivity index is 2.79. The van der Waals surface area contributed by atoms with Crippen molar-refractivity contribution in [3.8, 4) is 0 Å². The fourth-order valence-electron chi connectivity index (χ4n) is 2.00. The van der Waals surface area contributed by atoms with E-state index < -0.39 is 26.3 Å². The molecule has 1 fully saturated rings. The summed E-state index contributed by atoms with van der Waals surface area (Å²) in [5, 5.41) is 7.04. The molecule has 4 nitrogen and oxygen atoms in total. The molecule has 88 valence electrons. The van der Waals surface area contributed by atoms with Crippen molar-refractivity contribution in [2.24, 2.45) is 0 Å². The van der Waals surface area contributed by atoms with Crippen LogP contribution in [0.1, 0.15) is 45.4 Å². The zero-order chi connectivity index (χ0) is 11.5. The van der Waals surface area contributed by atoms with E-state index in [1.54, 1.807) is 0 Å². The van der Waals surface area contributed by atoms with E-state index in [1.165, 1.54) is 6.92 Å². The summed E-state index contributed by atoms with van der Waals surface area (Å²) in [5.41, 5.74) is 0. The van der Waals surface area contributed by atoms with Crippen molar-refractivity contribution in [1.29, 1.82) is 0 Å². The summed E-state index contributed by atoms with van der Waals surface area (Å²) in [7, 11) is -3.48. The third kappa shape index (κ3) is 2.93. The van der Waals surface area contributed by atoms with Gasteiger partial charge in [0.15, 0.2) is 15.1 Å². The lowest BCUT2D eigenvalue weighted by atomic mass is 10.2. The molecule has 0 aromatic rings. The van der Waals surface area contributed by atoms with Gasteiger partial charge < -0.3 is 5.11 Å². The van der Waals surface area contributed by atoms with Gasteiger partial charge in [0.25, 0.3) is 0 Å². The molecule has 0 bridgehead atoms. The highest BCUT2D eigenvalue weighted by Crippen LogP contribution is 2.25. The maximum Gasteiger partial charge on any atom is 0.321 e. The lowest BCUT2D eigenvalue weighted by Crippen LogP contribution is -2.35. The van der Waals surface area contributed by atoms with Gasteiger partial charge >= 0.3 is 5.97 Å². The summed E-state index contributed by atoms with van der Waals surface area (Å²) < 4.78 is 23.8. The van der Waals surface area contributed by atoms with Gasteiger partial charge in [-0.1, -0.05) is 25.7 Å². The lowest BCUT2D eigenvalue weighted by molar-refractivity contribution is -0.136. The van der Waals surface area contributed by atoms with E-state index in [2.05, 4.69) is 0 Å². The van der Waals surface area contributed by atoms with E-state index in [0.717, 1.165) is 25.7 Å². The highest BCUT2D eigenvalue weighted by Gasteiger charge is 2.35. The Morgan fingerprint density at radius 1 is 1.20 bits per heavy atom. The van der Waals surface area contributed by atoms with Gasteiger partial charge in [-0.3, -0.25) is 4.79 Å². The number of carbonyl (C=O) groups is 1. The normalized spacial score (nSPS) is 21.9. The van der Waals surface area contributed by atoms with E-state index >= 15 is 0 Å². The monoisotopic (exact) mass is 234 g/mol. The molecule has 1 unspecified atom stereocenters. The summed E-state index contributed by atoms with van der Waals surface area (Å²) in [6.45, 7) is 1.27. The minimum absolute atomic E-state index is 0.439. The number of carboxylic acids is 1. The van der Waals surface area contributed by atoms with Gasteiger partial charge in [-0.15, -0.1) is 0 Å². The first-order valence-electron chi connectivity index (χ1n) is 5.41. The van der Waals surface area contributed by atoms with Crippen LogP contribution in [0.5, 0.6) is 0 Å². The van der Waals surface area contributed by atoms with Crippen molar-refractivity contribution in [3.63, 3.8) is 0 Å². The van der Waals surface area contributed by atoms with E-state index in [0.29, 0.717) is 12.8 Å². The Morgan fingerprint density at radius 2 is 1.67 bits per heavy atom. The molecule has 5 heteroatoms. The van der Waals surface area contributed by atoms with Crippen LogP contribution in [0.2, 0.25) is 0 Å². The molecule has 1 N–H and O–H groups in total. The zero-order valence-electron chi connectivity index (χ0n) is 8.98. The molecule has 1 saturated carbocycles. The number of carboxylic acid groups (broad SMARTS) is 1. The second-order valence-electron chi connectivity index (χ2n) is 4.18. The molecule has 0 aromatic carbocycles. The van der Waals surface area contributed by atoms with Crippen molar-refractivity contribution >= 4 is 15.8 Å². The summed E-state index contributed by atoms with van der Waals surface area (Å²) in [4.78, 5) is 10.7. The molecule has 0 heterocycles. The van der Waals surface area contributed by atoms with Crippen molar-refractivity contribution < 1.29 is 18.3 Å². The Kier molecular flexibility index (Phi) is 4.13. The first-order chi connectivity index (χ1) is 6.96. The second-order valence-corrected chi connectivity index (χ2v) is 6.73. The average Bonchev–Trinajstić information content (AvgIpc) is 2.44. The van der Waals surface area contributed by atoms with Gasteiger partial charge in [0.1, 0.15) is 0 Å². The van der Waals surface area contributed by atoms with E-state index in [-0.39, 0.29) is 0 Å². The van der Waals surface area contributed by atoms with Gasteiger partial charge in [0.05, 0.1) is 5.25 Å². The summed E-state index contributed by atoms with van der Waals surface area (Å²) in [6.07, 6.45) is 5.17. The number of rotatable bonds is 3. The Hall–Kier alpha value is -0.580. The maximum absolute atomic E-state index is 11.9. The molecule has 0 aromatic heterocycles. The van der Waals surface area contributed by atoms with E-state index in [4.69, 9.17) is 5.11 Å². The van der Waals surface area contributed by atoms with Crippen LogP contribution in [-0.4, -0.2) is 30.0 Å². The number of sulfone groups is 1. The van der Waals surface area contributed by atoms with E-state index in [9.17, 15) is 13.2 Å². The largest absolute Gasteiger partial charge is 0.480 e. The minimum atomic E-state index is -3.48. The molecule has 0 aliphatic heterocycles. The highest BCUT2D eigenvalue weighted by molar-refractivity contribution is 7.93. The first kappa shape index (κ1) is 12.5. The standard InChI is InChI=1S/C10H18O4S/c1-8(10(11)12)15(13,14)9-6-4-2-3-5-7-9/h8-9H,2-7H2,1H3,(H,11,12). The van der Waals surface area contributed by atoms with Crippen LogP contribution < -0.4 is 0 Å². The fourth-order valence-corrected chi connectivity index (χ4v) is 3.85. The summed E-state index contributed by atoms with van der Waals surface area (Å²) in [5.74, 6) is -1.24. The topological polar surface area (TPSA) is 71.4 Å². The molecule has 1 aliphatic rings. The smallest absolute Gasteiger partial charge is 0.321 e. The van der Waals surface area contributed by atoms with Gasteiger partial charge in [0, 0.05) is 0 Å². The predicted molar refractivity (Wildman–Crippen MR) is 57.5 cm³/mol. The Morgan fingerprint density at radius 3 is 2.07 bits per heavy atom. The van der Waals surface area contributed by atoms with Gasteiger partial charge in [-0.25, -0.2) is 8.42 Å². The van der Waals surface area contributed by atoms with Crippen LogP contribution in [0.4, 0.5) is 0 Å². The van der Waals surface area contributed by atoms with Crippen LogP contribution >= 0.6 is 0 Å². The highest BCUT2D eigenvalue weighted by atomic mass is 32.2.